The molecule has 2 N–H and O–H groups in total. The number of methoxy groups -OCH3 is 1. The third-order valence-corrected chi connectivity index (χ3v) is 5.10. The van der Waals surface area contributed by atoms with Gasteiger partial charge in [-0.1, -0.05) is 0 Å². The second-order valence-electron chi connectivity index (χ2n) is 7.21. The van der Waals surface area contributed by atoms with Gasteiger partial charge >= 0.3 is 0 Å². The first-order valence-electron chi connectivity index (χ1n) is 9.61. The van der Waals surface area contributed by atoms with E-state index in [2.05, 4.69) is 30.7 Å². The summed E-state index contributed by atoms with van der Waals surface area (Å²) in [6.45, 7) is 4.85. The van der Waals surface area contributed by atoms with Gasteiger partial charge in [-0.05, 0) is 25.5 Å². The quantitative estimate of drug-likeness (QED) is 0.636. The van der Waals surface area contributed by atoms with Gasteiger partial charge < -0.3 is 20.3 Å². The summed E-state index contributed by atoms with van der Waals surface area (Å²) >= 11 is 0. The van der Waals surface area contributed by atoms with Gasteiger partial charge in [0.2, 0.25) is 17.7 Å². The summed E-state index contributed by atoms with van der Waals surface area (Å²) in [6, 6.07) is 3.53. The lowest BCUT2D eigenvalue weighted by Crippen LogP contribution is -2.44. The number of amides is 1. The maximum atomic E-state index is 12.0. The highest BCUT2D eigenvalue weighted by Crippen LogP contribution is 2.32. The molecule has 0 saturated carbocycles. The Morgan fingerprint density at radius 3 is 2.93 bits per heavy atom. The predicted octanol–water partition coefficient (Wildman–Crippen LogP) is 1.82. The van der Waals surface area contributed by atoms with Crippen LogP contribution in [0.1, 0.15) is 23.7 Å². The largest absolute Gasteiger partial charge is 0.481 e. The molecule has 3 aromatic rings. The normalized spacial score (nSPS) is 15.5. The summed E-state index contributed by atoms with van der Waals surface area (Å²) in [5.41, 5.74) is 3.44. The van der Waals surface area contributed by atoms with E-state index in [1.807, 2.05) is 55.0 Å². The molecule has 0 fully saturated rings. The molecule has 1 aliphatic rings. The van der Waals surface area contributed by atoms with Crippen LogP contribution in [0.15, 0.2) is 30.7 Å². The number of carbonyl (C=O) groups excluding carboxylic acids is 1. The lowest BCUT2D eigenvalue weighted by molar-refractivity contribution is -0.117. The van der Waals surface area contributed by atoms with Gasteiger partial charge in [0.25, 0.3) is 0 Å². The van der Waals surface area contributed by atoms with Crippen molar-refractivity contribution in [3.8, 4) is 5.88 Å². The van der Waals surface area contributed by atoms with E-state index in [0.29, 0.717) is 36.4 Å². The number of nitrogens with zero attached hydrogens (tertiary/aromatic N) is 6. The van der Waals surface area contributed by atoms with Crippen molar-refractivity contribution in [3.63, 3.8) is 0 Å². The van der Waals surface area contributed by atoms with Gasteiger partial charge in [-0.2, -0.15) is 10.1 Å². The van der Waals surface area contributed by atoms with Crippen molar-refractivity contribution >= 4 is 23.4 Å². The highest BCUT2D eigenvalue weighted by Gasteiger charge is 2.30. The Labute approximate surface area is 174 Å². The zero-order chi connectivity index (χ0) is 21.3. The number of fused-ring (bicyclic) bond motifs is 1. The molecule has 0 aliphatic carbocycles. The molecular formula is C20H24N8O2. The third-order valence-electron chi connectivity index (χ3n) is 5.10. The van der Waals surface area contributed by atoms with Crippen LogP contribution in [0.3, 0.4) is 0 Å². The summed E-state index contributed by atoms with van der Waals surface area (Å²) in [6.07, 6.45) is 5.50. The topological polar surface area (TPSA) is 110 Å². The summed E-state index contributed by atoms with van der Waals surface area (Å²) in [4.78, 5) is 27.1. The molecule has 3 aromatic heterocycles. The third kappa shape index (κ3) is 3.88. The van der Waals surface area contributed by atoms with Crippen LogP contribution in [0, 0.1) is 6.92 Å². The number of hydrogen-bond acceptors (Lipinski definition) is 8. The van der Waals surface area contributed by atoms with Gasteiger partial charge in [-0.15, -0.1) is 0 Å². The van der Waals surface area contributed by atoms with Crippen LogP contribution in [0.5, 0.6) is 5.88 Å². The number of aryl methyl sites for hydroxylation is 1. The predicted molar refractivity (Wildman–Crippen MR) is 113 cm³/mol. The lowest BCUT2D eigenvalue weighted by Gasteiger charge is -2.32. The molecule has 30 heavy (non-hydrogen) atoms. The summed E-state index contributed by atoms with van der Waals surface area (Å²) in [5.74, 6) is 1.74. The molecule has 0 saturated heterocycles. The van der Waals surface area contributed by atoms with Crippen LogP contribution in [-0.2, 0) is 17.9 Å². The Morgan fingerprint density at radius 1 is 1.30 bits per heavy atom. The molecule has 1 atom stereocenters. The van der Waals surface area contributed by atoms with E-state index >= 15 is 0 Å². The number of pyridine rings is 1. The van der Waals surface area contributed by atoms with Crippen LogP contribution >= 0.6 is 0 Å². The maximum Gasteiger partial charge on any atom is 0.246 e. The smallest absolute Gasteiger partial charge is 0.246 e. The van der Waals surface area contributed by atoms with Gasteiger partial charge in [0, 0.05) is 37.6 Å². The minimum absolute atomic E-state index is 0.0587. The highest BCUT2D eigenvalue weighted by atomic mass is 16.5. The molecule has 10 nitrogen and oxygen atoms in total. The Hall–Kier alpha value is -3.69. The molecule has 4 rings (SSSR count). The molecule has 0 radical (unpaired) electrons. The highest BCUT2D eigenvalue weighted by molar-refractivity contribution is 6.03. The first kappa shape index (κ1) is 19.6. The van der Waals surface area contributed by atoms with Crippen LogP contribution in [0.2, 0.25) is 0 Å². The Morgan fingerprint density at radius 2 is 2.13 bits per heavy atom. The van der Waals surface area contributed by atoms with E-state index < -0.39 is 0 Å². The first-order chi connectivity index (χ1) is 14.4. The van der Waals surface area contributed by atoms with Gasteiger partial charge in [-0.25, -0.2) is 9.97 Å². The fourth-order valence-electron chi connectivity index (χ4n) is 3.24. The number of carbonyl (C=O) groups is 1. The average molecular weight is 408 g/mol. The molecule has 1 amide bonds. The van der Waals surface area contributed by atoms with E-state index in [-0.39, 0.29) is 11.9 Å². The van der Waals surface area contributed by atoms with E-state index in [1.54, 1.807) is 13.3 Å². The van der Waals surface area contributed by atoms with Crippen LogP contribution < -0.4 is 20.3 Å². The van der Waals surface area contributed by atoms with Gasteiger partial charge in [0.15, 0.2) is 5.82 Å². The summed E-state index contributed by atoms with van der Waals surface area (Å²) in [7, 11) is 3.46. The number of hydrogen-bond donors (Lipinski definition) is 2. The number of ether oxygens (including phenoxy) is 1. The molecule has 0 aromatic carbocycles. The number of anilines is 3. The second-order valence-corrected chi connectivity index (χ2v) is 7.21. The van der Waals surface area contributed by atoms with E-state index in [1.165, 1.54) is 0 Å². The standard InChI is InChI=1S/C20H24N8O2/c1-12-17-18(27(3)13(2)19(29)25-17)26-20(24-12)22-8-15-9-23-28(11-15)10-14-5-6-21-16(7-14)30-4/h5-7,9,11,13H,8,10H2,1-4H3,(H,25,29)(H,22,24,26)/t13-/m0/s1. The fraction of sp³-hybridized carbons (Fsp3) is 0.350. The number of aromatic nitrogens is 5. The first-order valence-corrected chi connectivity index (χ1v) is 9.61. The second kappa shape index (κ2) is 7.97. The van der Waals surface area contributed by atoms with E-state index in [4.69, 9.17) is 4.74 Å². The van der Waals surface area contributed by atoms with E-state index in [0.717, 1.165) is 16.8 Å². The van der Waals surface area contributed by atoms with Gasteiger partial charge in [0.05, 0.1) is 25.5 Å². The molecule has 0 bridgehead atoms. The van der Waals surface area contributed by atoms with Gasteiger partial charge in [0.1, 0.15) is 11.7 Å². The van der Waals surface area contributed by atoms with Crippen LogP contribution in [0.4, 0.5) is 17.5 Å². The molecule has 10 heteroatoms. The van der Waals surface area contributed by atoms with Crippen molar-refractivity contribution in [2.75, 3.05) is 29.7 Å². The van der Waals surface area contributed by atoms with E-state index in [9.17, 15) is 4.79 Å². The van der Waals surface area contributed by atoms with Crippen LogP contribution in [0.25, 0.3) is 0 Å². The number of rotatable bonds is 6. The monoisotopic (exact) mass is 408 g/mol. The fourth-order valence-corrected chi connectivity index (χ4v) is 3.24. The molecule has 156 valence electrons. The summed E-state index contributed by atoms with van der Waals surface area (Å²) in [5, 5.41) is 10.5. The van der Waals surface area contributed by atoms with Gasteiger partial charge in [-0.3, -0.25) is 9.48 Å². The average Bonchev–Trinajstić information content (AvgIpc) is 3.19. The van der Waals surface area contributed by atoms with Crippen LogP contribution in [-0.4, -0.2) is 50.8 Å². The van der Waals surface area contributed by atoms with Crippen molar-refractivity contribution < 1.29 is 9.53 Å². The Kier molecular flexibility index (Phi) is 5.21. The lowest BCUT2D eigenvalue weighted by atomic mass is 10.2. The number of likely N-dealkylation sites (N-methyl/N-ethyl adjacent to an activating group) is 1. The SMILES string of the molecule is COc1cc(Cn2cc(CNc3nc(C)c4c(n3)N(C)[C@@H](C)C(=O)N4)cn2)ccn1. The minimum Gasteiger partial charge on any atom is -0.481 e. The van der Waals surface area contributed by atoms with Crippen molar-refractivity contribution in [2.24, 2.45) is 0 Å². The molecular weight excluding hydrogens is 384 g/mol. The zero-order valence-electron chi connectivity index (χ0n) is 17.4. The minimum atomic E-state index is -0.287. The Balaban J connectivity index is 1.44. The van der Waals surface area contributed by atoms with Crippen molar-refractivity contribution in [1.29, 1.82) is 0 Å². The molecule has 1 aliphatic heterocycles. The number of nitrogens with one attached hydrogen (secondary N) is 2. The molecule has 0 spiro atoms. The zero-order valence-corrected chi connectivity index (χ0v) is 17.4. The van der Waals surface area contributed by atoms with Crippen molar-refractivity contribution in [3.05, 3.63) is 47.5 Å². The molecule has 4 heterocycles. The van der Waals surface area contributed by atoms with Crippen molar-refractivity contribution in [1.82, 2.24) is 24.7 Å². The maximum absolute atomic E-state index is 12.0. The summed E-state index contributed by atoms with van der Waals surface area (Å²) < 4.78 is 7.02. The molecule has 0 unspecified atom stereocenters. The van der Waals surface area contributed by atoms with Crippen molar-refractivity contribution in [2.45, 2.75) is 33.0 Å². The Bertz CT molecular complexity index is 1080.